The van der Waals surface area contributed by atoms with Crippen LogP contribution in [-0.4, -0.2) is 87.1 Å². The van der Waals surface area contributed by atoms with E-state index in [4.69, 9.17) is 21.1 Å². The van der Waals surface area contributed by atoms with E-state index in [1.807, 2.05) is 6.07 Å². The number of anilines is 1. The van der Waals surface area contributed by atoms with Gasteiger partial charge in [0.1, 0.15) is 0 Å². The van der Waals surface area contributed by atoms with Gasteiger partial charge in [-0.3, -0.25) is 9.19 Å². The maximum atomic E-state index is 12.8. The van der Waals surface area contributed by atoms with Crippen LogP contribution in [0, 0.1) is 0 Å². The molecule has 0 aromatic carbocycles. The van der Waals surface area contributed by atoms with E-state index < -0.39 is 10.8 Å². The van der Waals surface area contributed by atoms with Crippen LogP contribution in [0.1, 0.15) is 5.69 Å². The Kier molecular flexibility index (Phi) is 7.30. The summed E-state index contributed by atoms with van der Waals surface area (Å²) in [6, 6.07) is 5.38. The summed E-state index contributed by atoms with van der Waals surface area (Å²) in [4.78, 5) is 18.1. The molecule has 1 atom stereocenters. The molecule has 3 aromatic heterocycles. The molecule has 0 bridgehead atoms. The zero-order chi connectivity index (χ0) is 18.8. The van der Waals surface area contributed by atoms with E-state index in [1.165, 1.54) is 7.11 Å². The zero-order valence-electron chi connectivity index (χ0n) is 15.6. The quantitative estimate of drug-likeness (QED) is 0.616. The minimum atomic E-state index is -1.44. The van der Waals surface area contributed by atoms with Gasteiger partial charge in [0, 0.05) is 54.9 Å². The van der Waals surface area contributed by atoms with Crippen molar-refractivity contribution in [2.45, 2.75) is 10.9 Å². The molecule has 1 radical (unpaired) electrons. The maximum Gasteiger partial charge on any atom is 0.215 e. The number of methoxy groups -OCH3 is 1. The summed E-state index contributed by atoms with van der Waals surface area (Å²) in [6.07, 6.45) is 1.69. The number of hydrogen-bond donors (Lipinski definition) is 1. The molecule has 0 aliphatic carbocycles. The number of morpholine rings is 1. The Hall–Kier alpha value is -1.23. The third-order valence-electron chi connectivity index (χ3n) is 4.28. The van der Waals surface area contributed by atoms with Gasteiger partial charge >= 0.3 is 0 Å². The average Bonchev–Trinajstić information content (AvgIpc) is 3.13. The molecule has 1 fully saturated rings. The fraction of sp³-hybridized carbons (Fsp3) is 0.353. The molecule has 0 spiro atoms. The Balaban J connectivity index is 0.00000225. The first-order valence-corrected chi connectivity index (χ1v) is 10.1. The van der Waals surface area contributed by atoms with Crippen molar-refractivity contribution >= 4 is 68.8 Å². The van der Waals surface area contributed by atoms with Gasteiger partial charge in [-0.25, -0.2) is 4.98 Å². The SMILES string of the molecule is COc1ccc2[nH]c([S@](=O)Cc3nccc(N4CCOCC4)c3Cl)nc2n1.[Na]. The first-order valence-electron chi connectivity index (χ1n) is 8.41. The molecular formula is C17H18ClN5NaO3S. The number of ether oxygens (including phenoxy) is 2. The summed E-state index contributed by atoms with van der Waals surface area (Å²) in [5.74, 6) is 0.614. The topological polar surface area (TPSA) is 93.2 Å². The van der Waals surface area contributed by atoms with Gasteiger partial charge in [0.15, 0.2) is 10.8 Å². The molecule has 0 saturated carbocycles. The number of aromatic amines is 1. The number of fused-ring (bicyclic) bond motifs is 1. The van der Waals surface area contributed by atoms with Crippen molar-refractivity contribution in [1.29, 1.82) is 0 Å². The van der Waals surface area contributed by atoms with Crippen LogP contribution in [-0.2, 0) is 21.3 Å². The van der Waals surface area contributed by atoms with E-state index in [1.54, 1.807) is 18.3 Å². The molecular weight excluding hydrogens is 413 g/mol. The number of nitrogens with zero attached hydrogens (tertiary/aromatic N) is 4. The largest absolute Gasteiger partial charge is 0.481 e. The van der Waals surface area contributed by atoms with Crippen molar-refractivity contribution in [1.82, 2.24) is 19.9 Å². The summed E-state index contributed by atoms with van der Waals surface area (Å²) in [5.41, 5.74) is 2.61. The minimum Gasteiger partial charge on any atom is -0.481 e. The molecule has 1 N–H and O–H groups in total. The second-order valence-electron chi connectivity index (χ2n) is 5.95. The van der Waals surface area contributed by atoms with Crippen molar-refractivity contribution < 1.29 is 13.7 Å². The molecule has 4 rings (SSSR count). The Bertz CT molecular complexity index is 996. The molecule has 11 heteroatoms. The monoisotopic (exact) mass is 430 g/mol. The Morgan fingerprint density at radius 1 is 1.29 bits per heavy atom. The van der Waals surface area contributed by atoms with Gasteiger partial charge in [-0.2, -0.15) is 4.98 Å². The number of nitrogens with one attached hydrogen (secondary N) is 1. The van der Waals surface area contributed by atoms with Gasteiger partial charge in [0.25, 0.3) is 0 Å². The van der Waals surface area contributed by atoms with E-state index >= 15 is 0 Å². The summed E-state index contributed by atoms with van der Waals surface area (Å²) < 4.78 is 23.3. The molecule has 0 unspecified atom stereocenters. The zero-order valence-corrected chi connectivity index (χ0v) is 19.2. The van der Waals surface area contributed by atoms with E-state index in [0.717, 1.165) is 18.8 Å². The van der Waals surface area contributed by atoms with Crippen LogP contribution in [0.5, 0.6) is 5.88 Å². The summed E-state index contributed by atoms with van der Waals surface area (Å²) in [5, 5.41) is 0.851. The summed E-state index contributed by atoms with van der Waals surface area (Å²) >= 11 is 6.55. The molecule has 1 aliphatic heterocycles. The van der Waals surface area contributed by atoms with Crippen LogP contribution in [0.3, 0.4) is 0 Å². The molecule has 4 heterocycles. The van der Waals surface area contributed by atoms with Crippen molar-refractivity contribution in [2.24, 2.45) is 0 Å². The predicted octanol–water partition coefficient (Wildman–Crippen LogP) is 1.78. The molecule has 3 aromatic rings. The third kappa shape index (κ3) is 4.50. The van der Waals surface area contributed by atoms with Crippen LogP contribution in [0.15, 0.2) is 29.6 Å². The number of pyridine rings is 2. The van der Waals surface area contributed by atoms with E-state index in [0.29, 0.717) is 46.1 Å². The normalized spacial score (nSPS) is 15.3. The molecule has 28 heavy (non-hydrogen) atoms. The van der Waals surface area contributed by atoms with Crippen LogP contribution in [0.4, 0.5) is 5.69 Å². The average molecular weight is 431 g/mol. The van der Waals surface area contributed by atoms with Gasteiger partial charge in [-0.05, 0) is 12.1 Å². The first kappa shape index (κ1) is 21.5. The number of rotatable bonds is 5. The van der Waals surface area contributed by atoms with Gasteiger partial charge in [0.2, 0.25) is 5.88 Å². The van der Waals surface area contributed by atoms with Crippen LogP contribution in [0.25, 0.3) is 11.2 Å². The van der Waals surface area contributed by atoms with Gasteiger partial charge in [-0.1, -0.05) is 11.6 Å². The summed E-state index contributed by atoms with van der Waals surface area (Å²) in [7, 11) is 0.1000. The van der Waals surface area contributed by atoms with E-state index in [9.17, 15) is 4.21 Å². The van der Waals surface area contributed by atoms with Crippen LogP contribution in [0.2, 0.25) is 5.02 Å². The fourth-order valence-electron chi connectivity index (χ4n) is 2.89. The molecule has 1 aliphatic rings. The second-order valence-corrected chi connectivity index (χ2v) is 7.69. The Labute approximate surface area is 191 Å². The van der Waals surface area contributed by atoms with Crippen molar-refractivity contribution in [3.05, 3.63) is 35.1 Å². The van der Waals surface area contributed by atoms with Crippen LogP contribution >= 0.6 is 11.6 Å². The summed E-state index contributed by atoms with van der Waals surface area (Å²) in [6.45, 7) is 2.86. The molecule has 8 nitrogen and oxygen atoms in total. The standard InChI is InChI=1S/C17H18ClN5O3S.Na/c1-25-14-3-2-11-16(21-14)22-17(20-11)27(24)10-12-15(18)13(4-5-19-12)23-6-8-26-9-7-23;/h2-5H,6-10H2,1H3,(H,20,21,22);/t27-;/m1./s1. The number of hydrogen-bond acceptors (Lipinski definition) is 7. The number of imidazole rings is 1. The van der Waals surface area contributed by atoms with Gasteiger partial charge in [0.05, 0.1) is 58.8 Å². The maximum absolute atomic E-state index is 12.8. The molecule has 143 valence electrons. The first-order chi connectivity index (χ1) is 13.2. The van der Waals surface area contributed by atoms with E-state index in [-0.39, 0.29) is 35.3 Å². The molecule has 0 amide bonds. The van der Waals surface area contributed by atoms with Gasteiger partial charge < -0.3 is 19.4 Å². The number of H-pyrrole nitrogens is 1. The minimum absolute atomic E-state index is 0. The number of aromatic nitrogens is 4. The van der Waals surface area contributed by atoms with Crippen molar-refractivity contribution in [2.75, 3.05) is 38.3 Å². The van der Waals surface area contributed by atoms with Crippen LogP contribution < -0.4 is 9.64 Å². The fourth-order valence-corrected chi connectivity index (χ4v) is 4.29. The Morgan fingerprint density at radius 3 is 2.82 bits per heavy atom. The second kappa shape index (κ2) is 9.51. The molecule has 1 saturated heterocycles. The number of halogens is 1. The van der Waals surface area contributed by atoms with Gasteiger partial charge in [-0.15, -0.1) is 0 Å². The van der Waals surface area contributed by atoms with E-state index in [2.05, 4.69) is 24.8 Å². The predicted molar refractivity (Wildman–Crippen MR) is 109 cm³/mol. The van der Waals surface area contributed by atoms with Crippen molar-refractivity contribution in [3.63, 3.8) is 0 Å². The third-order valence-corrected chi connectivity index (χ3v) is 5.86. The smallest absolute Gasteiger partial charge is 0.215 e. The Morgan fingerprint density at radius 2 is 2.07 bits per heavy atom. The van der Waals surface area contributed by atoms with Crippen molar-refractivity contribution in [3.8, 4) is 5.88 Å².